The van der Waals surface area contributed by atoms with Crippen LogP contribution in [0.5, 0.6) is 5.88 Å². The molecule has 2 aromatic carbocycles. The minimum Gasteiger partial charge on any atom is -0.494 e. The van der Waals surface area contributed by atoms with Gasteiger partial charge in [-0.05, 0) is 37.1 Å². The van der Waals surface area contributed by atoms with E-state index in [2.05, 4.69) is 16.9 Å². The molecular formula is C22H19N3O3. The summed E-state index contributed by atoms with van der Waals surface area (Å²) in [6.07, 6.45) is 4.08. The Morgan fingerprint density at radius 2 is 1.89 bits per heavy atom. The van der Waals surface area contributed by atoms with E-state index in [0.29, 0.717) is 11.3 Å². The zero-order valence-electron chi connectivity index (χ0n) is 15.6. The van der Waals surface area contributed by atoms with E-state index in [1.54, 1.807) is 24.4 Å². The number of allylic oxidation sites excluding steroid dienone is 1. The van der Waals surface area contributed by atoms with Crippen molar-refractivity contribution in [1.82, 2.24) is 9.55 Å². The zero-order valence-corrected chi connectivity index (χ0v) is 15.6. The van der Waals surface area contributed by atoms with E-state index in [1.807, 2.05) is 37.3 Å². The summed E-state index contributed by atoms with van der Waals surface area (Å²) in [7, 11) is 0. The first-order valence-corrected chi connectivity index (χ1v) is 9.03. The summed E-state index contributed by atoms with van der Waals surface area (Å²) in [5.41, 5.74) is 3.75. The first kappa shape index (κ1) is 17.7. The van der Waals surface area contributed by atoms with Gasteiger partial charge in [-0.15, -0.1) is 0 Å². The van der Waals surface area contributed by atoms with Gasteiger partial charge >= 0.3 is 5.69 Å². The van der Waals surface area contributed by atoms with E-state index in [1.165, 1.54) is 0 Å². The van der Waals surface area contributed by atoms with Gasteiger partial charge < -0.3 is 5.11 Å². The fourth-order valence-corrected chi connectivity index (χ4v) is 3.34. The number of para-hydroxylation sites is 1. The maximum Gasteiger partial charge on any atom is 0.335 e. The molecule has 0 spiro atoms. The lowest BCUT2D eigenvalue weighted by Gasteiger charge is -2.10. The van der Waals surface area contributed by atoms with E-state index in [-0.39, 0.29) is 5.56 Å². The Hall–Kier alpha value is -3.67. The smallest absolute Gasteiger partial charge is 0.335 e. The lowest BCUT2D eigenvalue weighted by atomic mass is 10.0. The Morgan fingerprint density at radius 1 is 1.14 bits per heavy atom. The molecular weight excluding hydrogens is 354 g/mol. The Morgan fingerprint density at radius 3 is 2.61 bits per heavy atom. The summed E-state index contributed by atoms with van der Waals surface area (Å²) in [5, 5.41) is 10.7. The summed E-state index contributed by atoms with van der Waals surface area (Å²) >= 11 is 0. The second kappa shape index (κ2) is 6.81. The minimum atomic E-state index is -0.692. The Kier molecular flexibility index (Phi) is 4.31. The highest BCUT2D eigenvalue weighted by Crippen LogP contribution is 2.36. The van der Waals surface area contributed by atoms with E-state index in [0.717, 1.165) is 33.4 Å². The standard InChI is InChI=1S/C22H19N3O3/c1-3-14-5-4-6-17-15(12-23-19(14)17)11-18-20(26)24-22(28)25(21(18)27)16-9-7-13(2)8-10-16/h4-12,27H,3H2,1-2H3,(H,24,26,28)/b15-11+. The highest BCUT2D eigenvalue weighted by atomic mass is 16.3. The van der Waals surface area contributed by atoms with Crippen molar-refractivity contribution in [3.8, 4) is 11.6 Å². The van der Waals surface area contributed by atoms with Crippen molar-refractivity contribution < 1.29 is 5.11 Å². The summed E-state index contributed by atoms with van der Waals surface area (Å²) in [5.74, 6) is -0.404. The maximum absolute atomic E-state index is 12.4. The van der Waals surface area contributed by atoms with Gasteiger partial charge in [0.15, 0.2) is 0 Å². The van der Waals surface area contributed by atoms with Crippen molar-refractivity contribution in [1.29, 1.82) is 0 Å². The quantitative estimate of drug-likeness (QED) is 0.738. The van der Waals surface area contributed by atoms with Crippen molar-refractivity contribution in [2.75, 3.05) is 0 Å². The molecule has 4 rings (SSSR count). The number of fused-ring (bicyclic) bond motifs is 1. The molecule has 1 aliphatic rings. The molecule has 6 nitrogen and oxygen atoms in total. The van der Waals surface area contributed by atoms with Crippen LogP contribution >= 0.6 is 0 Å². The van der Waals surface area contributed by atoms with Crippen molar-refractivity contribution in [2.45, 2.75) is 20.3 Å². The van der Waals surface area contributed by atoms with Crippen molar-refractivity contribution >= 4 is 23.6 Å². The third kappa shape index (κ3) is 2.89. The van der Waals surface area contributed by atoms with Crippen molar-refractivity contribution in [3.63, 3.8) is 0 Å². The fraction of sp³-hybridized carbons (Fsp3) is 0.136. The van der Waals surface area contributed by atoms with Gasteiger partial charge in [0, 0.05) is 17.4 Å². The number of aromatic amines is 1. The lowest BCUT2D eigenvalue weighted by Crippen LogP contribution is -2.30. The monoisotopic (exact) mass is 373 g/mol. The molecule has 0 saturated heterocycles. The number of rotatable bonds is 3. The van der Waals surface area contributed by atoms with Gasteiger partial charge in [-0.3, -0.25) is 14.8 Å². The molecule has 0 aliphatic carbocycles. The Bertz CT molecular complexity index is 1250. The van der Waals surface area contributed by atoms with Crippen LogP contribution in [0.4, 0.5) is 5.69 Å². The normalized spacial score (nSPS) is 13.9. The van der Waals surface area contributed by atoms with E-state index in [4.69, 9.17) is 0 Å². The molecule has 0 fully saturated rings. The van der Waals surface area contributed by atoms with Crippen LogP contribution < -0.4 is 11.2 Å². The number of H-pyrrole nitrogens is 1. The molecule has 0 bridgehead atoms. The Labute approximate surface area is 161 Å². The molecule has 2 N–H and O–H groups in total. The molecule has 140 valence electrons. The first-order chi connectivity index (χ1) is 13.5. The predicted molar refractivity (Wildman–Crippen MR) is 111 cm³/mol. The number of aliphatic imine (C=N–C) groups is 1. The number of nitrogens with one attached hydrogen (secondary N) is 1. The van der Waals surface area contributed by atoms with Crippen LogP contribution in [0.25, 0.3) is 17.3 Å². The molecule has 6 heteroatoms. The van der Waals surface area contributed by atoms with Crippen molar-refractivity contribution in [3.05, 3.63) is 85.6 Å². The summed E-state index contributed by atoms with van der Waals surface area (Å²) in [6, 6.07) is 13.0. The van der Waals surface area contributed by atoms with E-state index in [9.17, 15) is 14.7 Å². The highest BCUT2D eigenvalue weighted by Gasteiger charge is 2.19. The van der Waals surface area contributed by atoms with Gasteiger partial charge in [0.2, 0.25) is 5.88 Å². The van der Waals surface area contributed by atoms with Crippen LogP contribution in [0.2, 0.25) is 0 Å². The summed E-state index contributed by atoms with van der Waals surface area (Å²) in [6.45, 7) is 3.98. The van der Waals surface area contributed by atoms with E-state index >= 15 is 0 Å². The van der Waals surface area contributed by atoms with Crippen LogP contribution in [-0.4, -0.2) is 20.9 Å². The molecule has 0 saturated carbocycles. The van der Waals surface area contributed by atoms with E-state index < -0.39 is 17.1 Å². The van der Waals surface area contributed by atoms with Gasteiger partial charge in [0.1, 0.15) is 5.56 Å². The Balaban J connectivity index is 1.90. The van der Waals surface area contributed by atoms with Gasteiger partial charge in [-0.2, -0.15) is 0 Å². The fourth-order valence-electron chi connectivity index (χ4n) is 3.34. The molecule has 0 amide bonds. The van der Waals surface area contributed by atoms with Crippen LogP contribution in [0, 0.1) is 6.92 Å². The largest absolute Gasteiger partial charge is 0.494 e. The SMILES string of the molecule is CCc1cccc2c1N=C/C2=C\c1c(O)n(-c2ccc(C)cc2)c(=O)[nH]c1=O. The van der Waals surface area contributed by atoms with Gasteiger partial charge in [-0.25, -0.2) is 9.36 Å². The van der Waals surface area contributed by atoms with Crippen LogP contribution in [0.3, 0.4) is 0 Å². The molecule has 0 unspecified atom stereocenters. The van der Waals surface area contributed by atoms with Crippen LogP contribution in [0.1, 0.15) is 29.2 Å². The summed E-state index contributed by atoms with van der Waals surface area (Å²) < 4.78 is 1.09. The molecule has 0 radical (unpaired) electrons. The minimum absolute atomic E-state index is 0.0105. The number of aryl methyl sites for hydroxylation is 2. The highest BCUT2D eigenvalue weighted by molar-refractivity contribution is 6.21. The molecule has 28 heavy (non-hydrogen) atoms. The number of hydrogen-bond donors (Lipinski definition) is 2. The van der Waals surface area contributed by atoms with Gasteiger partial charge in [-0.1, -0.05) is 42.8 Å². The first-order valence-electron chi connectivity index (χ1n) is 9.03. The van der Waals surface area contributed by atoms with Gasteiger partial charge in [0.25, 0.3) is 5.56 Å². The topological polar surface area (TPSA) is 87.4 Å². The maximum atomic E-state index is 12.4. The average molecular weight is 373 g/mol. The predicted octanol–water partition coefficient (Wildman–Crippen LogP) is 3.36. The molecule has 2 heterocycles. The second-order valence-electron chi connectivity index (χ2n) is 6.69. The third-order valence-corrected chi connectivity index (χ3v) is 4.86. The number of benzene rings is 2. The molecule has 1 aliphatic heterocycles. The molecule has 0 atom stereocenters. The van der Waals surface area contributed by atoms with Gasteiger partial charge in [0.05, 0.1) is 11.4 Å². The molecule has 1 aromatic heterocycles. The zero-order chi connectivity index (χ0) is 19.8. The number of aromatic hydroxyl groups is 1. The van der Waals surface area contributed by atoms with Crippen molar-refractivity contribution in [2.24, 2.45) is 4.99 Å². The average Bonchev–Trinajstić information content (AvgIpc) is 3.09. The summed E-state index contributed by atoms with van der Waals surface area (Å²) in [4.78, 5) is 31.5. The number of nitrogens with zero attached hydrogens (tertiary/aromatic N) is 2. The third-order valence-electron chi connectivity index (χ3n) is 4.86. The number of hydrogen-bond acceptors (Lipinski definition) is 4. The van der Waals surface area contributed by atoms with Crippen LogP contribution in [0.15, 0.2) is 57.0 Å². The number of aromatic nitrogens is 2. The van der Waals surface area contributed by atoms with Crippen LogP contribution in [-0.2, 0) is 6.42 Å². The second-order valence-corrected chi connectivity index (χ2v) is 6.69. The molecule has 3 aromatic rings. The lowest BCUT2D eigenvalue weighted by molar-refractivity contribution is 0.429.